The highest BCUT2D eigenvalue weighted by molar-refractivity contribution is 5.90. The van der Waals surface area contributed by atoms with Gasteiger partial charge in [-0.15, -0.1) is 0 Å². The molecule has 0 heterocycles. The normalized spacial score (nSPS) is 13.7. The lowest BCUT2D eigenvalue weighted by Crippen LogP contribution is -2.21. The average molecular weight is 277 g/mol. The molecule has 2 unspecified atom stereocenters. The fourth-order valence-electron chi connectivity index (χ4n) is 2.27. The molecular formula is C17H27NO2. The van der Waals surface area contributed by atoms with E-state index in [0.29, 0.717) is 11.6 Å². The summed E-state index contributed by atoms with van der Waals surface area (Å²) >= 11 is 0. The molecule has 1 aromatic rings. The first-order chi connectivity index (χ1) is 9.51. The minimum absolute atomic E-state index is 0.286. The summed E-state index contributed by atoms with van der Waals surface area (Å²) in [7, 11) is 1.41. The fourth-order valence-corrected chi connectivity index (χ4v) is 2.27. The zero-order chi connectivity index (χ0) is 15.1. The highest BCUT2D eigenvalue weighted by Crippen LogP contribution is 2.21. The molecule has 3 nitrogen and oxygen atoms in total. The fraction of sp³-hybridized carbons (Fsp3) is 0.588. The number of ether oxygens (including phenoxy) is 1. The van der Waals surface area contributed by atoms with Crippen molar-refractivity contribution in [2.24, 2.45) is 5.92 Å². The lowest BCUT2D eigenvalue weighted by Gasteiger charge is -2.22. The van der Waals surface area contributed by atoms with Crippen molar-refractivity contribution in [3.63, 3.8) is 0 Å². The predicted molar refractivity (Wildman–Crippen MR) is 84.3 cm³/mol. The number of hydrogen-bond acceptors (Lipinski definition) is 3. The molecule has 0 aliphatic heterocycles. The van der Waals surface area contributed by atoms with Crippen LogP contribution in [0, 0.1) is 12.8 Å². The van der Waals surface area contributed by atoms with Crippen LogP contribution in [-0.2, 0) is 4.74 Å². The van der Waals surface area contributed by atoms with Gasteiger partial charge in [0.15, 0.2) is 0 Å². The zero-order valence-corrected chi connectivity index (χ0v) is 13.3. The zero-order valence-electron chi connectivity index (χ0n) is 13.3. The number of carbonyl (C=O) groups is 1. The molecule has 1 rings (SSSR count). The second-order valence-electron chi connectivity index (χ2n) is 5.52. The van der Waals surface area contributed by atoms with Crippen molar-refractivity contribution in [2.45, 2.75) is 53.0 Å². The van der Waals surface area contributed by atoms with Crippen LogP contribution in [0.2, 0.25) is 0 Å². The van der Waals surface area contributed by atoms with Crippen LogP contribution >= 0.6 is 0 Å². The third kappa shape index (κ3) is 4.55. The van der Waals surface area contributed by atoms with E-state index in [1.54, 1.807) is 0 Å². The number of esters is 1. The second kappa shape index (κ2) is 7.93. The summed E-state index contributed by atoms with van der Waals surface area (Å²) in [4.78, 5) is 11.5. The Kier molecular flexibility index (Phi) is 6.56. The van der Waals surface area contributed by atoms with Crippen LogP contribution in [0.15, 0.2) is 18.2 Å². The minimum atomic E-state index is -0.286. The van der Waals surface area contributed by atoms with Crippen LogP contribution in [0.1, 0.15) is 56.0 Å². The van der Waals surface area contributed by atoms with E-state index in [1.165, 1.54) is 20.0 Å². The molecule has 0 amide bonds. The van der Waals surface area contributed by atoms with E-state index in [1.807, 2.05) is 25.1 Å². The molecular weight excluding hydrogens is 250 g/mol. The van der Waals surface area contributed by atoms with Crippen LogP contribution in [0.3, 0.4) is 0 Å². The topological polar surface area (TPSA) is 38.3 Å². The summed E-state index contributed by atoms with van der Waals surface area (Å²) in [5.74, 6) is 0.438. The SMILES string of the molecule is CCC(C)CC(CC)Nc1ccc(C(=O)OC)cc1C. The largest absolute Gasteiger partial charge is 0.465 e. The molecule has 0 aromatic heterocycles. The highest BCUT2D eigenvalue weighted by atomic mass is 16.5. The third-order valence-electron chi connectivity index (χ3n) is 3.88. The molecule has 0 aliphatic carbocycles. The predicted octanol–water partition coefficient (Wildman–Crippen LogP) is 4.41. The number of aryl methyl sites for hydroxylation is 1. The smallest absolute Gasteiger partial charge is 0.337 e. The van der Waals surface area contributed by atoms with Crippen molar-refractivity contribution in [2.75, 3.05) is 12.4 Å². The maximum atomic E-state index is 11.5. The van der Waals surface area contributed by atoms with Gasteiger partial charge in [0.05, 0.1) is 12.7 Å². The Bertz CT molecular complexity index is 443. The number of anilines is 1. The van der Waals surface area contributed by atoms with Crippen molar-refractivity contribution in [1.29, 1.82) is 0 Å². The monoisotopic (exact) mass is 277 g/mol. The first-order valence-corrected chi connectivity index (χ1v) is 7.47. The van der Waals surface area contributed by atoms with Crippen LogP contribution in [0.4, 0.5) is 5.69 Å². The van der Waals surface area contributed by atoms with Crippen molar-refractivity contribution >= 4 is 11.7 Å². The van der Waals surface area contributed by atoms with Gasteiger partial charge in [0.25, 0.3) is 0 Å². The van der Waals surface area contributed by atoms with E-state index in [9.17, 15) is 4.79 Å². The maximum Gasteiger partial charge on any atom is 0.337 e. The van der Waals surface area contributed by atoms with Crippen LogP contribution in [0.25, 0.3) is 0 Å². The number of rotatable bonds is 7. The van der Waals surface area contributed by atoms with Crippen molar-refractivity contribution < 1.29 is 9.53 Å². The quantitative estimate of drug-likeness (QED) is 0.750. The van der Waals surface area contributed by atoms with Crippen LogP contribution < -0.4 is 5.32 Å². The molecule has 3 heteroatoms. The van der Waals surface area contributed by atoms with Crippen LogP contribution in [0.5, 0.6) is 0 Å². The van der Waals surface area contributed by atoms with Gasteiger partial charge in [-0.25, -0.2) is 4.79 Å². The van der Waals surface area contributed by atoms with Gasteiger partial charge >= 0.3 is 5.97 Å². The molecule has 2 atom stereocenters. The standard InChI is InChI=1S/C17H27NO2/c1-6-12(3)10-15(7-2)18-16-9-8-14(11-13(16)4)17(19)20-5/h8-9,11-12,15,18H,6-7,10H2,1-5H3. The first kappa shape index (κ1) is 16.5. The van der Waals surface area contributed by atoms with E-state index < -0.39 is 0 Å². The van der Waals surface area contributed by atoms with E-state index >= 15 is 0 Å². The van der Waals surface area contributed by atoms with Gasteiger partial charge in [0.2, 0.25) is 0 Å². The molecule has 20 heavy (non-hydrogen) atoms. The Hall–Kier alpha value is -1.51. The summed E-state index contributed by atoms with van der Waals surface area (Å²) in [6.07, 6.45) is 3.48. The van der Waals surface area contributed by atoms with E-state index in [0.717, 1.165) is 23.6 Å². The Morgan fingerprint density at radius 2 is 2.00 bits per heavy atom. The summed E-state index contributed by atoms with van der Waals surface area (Å²) in [5.41, 5.74) is 2.79. The minimum Gasteiger partial charge on any atom is -0.465 e. The summed E-state index contributed by atoms with van der Waals surface area (Å²) in [6.45, 7) is 8.74. The van der Waals surface area contributed by atoms with Gasteiger partial charge < -0.3 is 10.1 Å². The van der Waals surface area contributed by atoms with Crippen LogP contribution in [-0.4, -0.2) is 19.1 Å². The Morgan fingerprint density at radius 3 is 2.50 bits per heavy atom. The lowest BCUT2D eigenvalue weighted by molar-refractivity contribution is 0.0600. The van der Waals surface area contributed by atoms with Gasteiger partial charge in [-0.05, 0) is 49.4 Å². The van der Waals surface area contributed by atoms with E-state index in [2.05, 4.69) is 26.1 Å². The number of benzene rings is 1. The second-order valence-corrected chi connectivity index (χ2v) is 5.52. The third-order valence-corrected chi connectivity index (χ3v) is 3.88. The number of nitrogens with one attached hydrogen (secondary N) is 1. The molecule has 0 aliphatic rings. The number of carbonyl (C=O) groups excluding carboxylic acids is 1. The lowest BCUT2D eigenvalue weighted by atomic mass is 9.97. The van der Waals surface area contributed by atoms with Crippen molar-refractivity contribution in [3.8, 4) is 0 Å². The van der Waals surface area contributed by atoms with E-state index in [4.69, 9.17) is 4.74 Å². The molecule has 0 saturated carbocycles. The first-order valence-electron chi connectivity index (χ1n) is 7.47. The number of methoxy groups -OCH3 is 1. The van der Waals surface area contributed by atoms with Gasteiger partial charge in [0.1, 0.15) is 0 Å². The van der Waals surface area contributed by atoms with Gasteiger partial charge in [-0.2, -0.15) is 0 Å². The molecule has 0 spiro atoms. The molecule has 1 N–H and O–H groups in total. The molecule has 112 valence electrons. The highest BCUT2D eigenvalue weighted by Gasteiger charge is 2.13. The summed E-state index contributed by atoms with van der Waals surface area (Å²) in [6, 6.07) is 6.15. The Labute approximate surface area is 122 Å². The molecule has 1 aromatic carbocycles. The molecule has 0 saturated heterocycles. The summed E-state index contributed by atoms with van der Waals surface area (Å²) in [5, 5.41) is 3.59. The molecule has 0 radical (unpaired) electrons. The maximum absolute atomic E-state index is 11.5. The Balaban J connectivity index is 2.78. The van der Waals surface area contributed by atoms with Crippen molar-refractivity contribution in [1.82, 2.24) is 0 Å². The number of hydrogen-bond donors (Lipinski definition) is 1. The van der Waals surface area contributed by atoms with Crippen molar-refractivity contribution in [3.05, 3.63) is 29.3 Å². The van der Waals surface area contributed by atoms with E-state index in [-0.39, 0.29) is 5.97 Å². The van der Waals surface area contributed by atoms with Gasteiger partial charge in [0, 0.05) is 11.7 Å². The molecule has 0 bridgehead atoms. The van der Waals surface area contributed by atoms with Gasteiger partial charge in [-0.1, -0.05) is 27.2 Å². The Morgan fingerprint density at radius 1 is 1.30 bits per heavy atom. The summed E-state index contributed by atoms with van der Waals surface area (Å²) < 4.78 is 4.74. The average Bonchev–Trinajstić information content (AvgIpc) is 2.47. The van der Waals surface area contributed by atoms with Gasteiger partial charge in [-0.3, -0.25) is 0 Å². The molecule has 0 fully saturated rings.